The van der Waals surface area contributed by atoms with E-state index < -0.39 is 16.9 Å². The number of sulfone groups is 1. The molecule has 0 saturated carbocycles. The van der Waals surface area contributed by atoms with Gasteiger partial charge in [0.2, 0.25) is 0 Å². The molecule has 0 aliphatic carbocycles. The number of benzene rings is 5. The minimum absolute atomic E-state index is 0.201. The van der Waals surface area contributed by atoms with Gasteiger partial charge >= 0.3 is 0 Å². The van der Waals surface area contributed by atoms with Crippen molar-refractivity contribution in [3.8, 4) is 0 Å². The first-order chi connectivity index (χ1) is 18.4. The fourth-order valence-corrected chi connectivity index (χ4v) is 9.64. The highest BCUT2D eigenvalue weighted by Gasteiger charge is 2.28. The predicted molar refractivity (Wildman–Crippen MR) is 161 cm³/mol. The fraction of sp³-hybridized carbons (Fsp3) is 0.0625. The lowest BCUT2D eigenvalue weighted by atomic mass is 10.2. The molecule has 0 atom stereocenters. The van der Waals surface area contributed by atoms with E-state index in [1.54, 1.807) is 24.3 Å². The van der Waals surface area contributed by atoms with Crippen LogP contribution in [-0.2, 0) is 15.6 Å². The highest BCUT2D eigenvalue weighted by atomic mass is 35.5. The van der Waals surface area contributed by atoms with Crippen molar-refractivity contribution in [2.24, 2.45) is 4.74 Å². The highest BCUT2D eigenvalue weighted by Crippen LogP contribution is 2.50. The Balaban J connectivity index is 1.79. The molecule has 38 heavy (non-hydrogen) atoms. The quantitative estimate of drug-likeness (QED) is 0.196. The summed E-state index contributed by atoms with van der Waals surface area (Å²) in [5.41, 5.74) is 2.20. The summed E-state index contributed by atoms with van der Waals surface area (Å²) in [6.45, 7) is 1.93. The van der Waals surface area contributed by atoms with Crippen LogP contribution in [0.2, 0.25) is 5.02 Å². The molecule has 0 aliphatic heterocycles. The molecule has 0 heterocycles. The van der Waals surface area contributed by atoms with Crippen LogP contribution in [0.1, 0.15) is 11.1 Å². The monoisotopic (exact) mass is 555 g/mol. The maximum atomic E-state index is 13.5. The Bertz CT molecular complexity index is 1600. The van der Waals surface area contributed by atoms with Gasteiger partial charge in [0.05, 0.1) is 23.4 Å². The van der Waals surface area contributed by atoms with Crippen LogP contribution in [0.4, 0.5) is 5.69 Å². The minimum atomic E-state index is -3.63. The molecule has 0 spiro atoms. The molecular formula is C32H27ClNO2PS. The Kier molecular flexibility index (Phi) is 7.67. The molecule has 0 saturated heterocycles. The van der Waals surface area contributed by atoms with Crippen molar-refractivity contribution in [1.82, 2.24) is 0 Å². The summed E-state index contributed by atoms with van der Waals surface area (Å²) in [5.74, 6) is -0.201. The normalized spacial score (nSPS) is 11.7. The van der Waals surface area contributed by atoms with E-state index in [0.717, 1.165) is 21.5 Å². The topological polar surface area (TPSA) is 46.5 Å². The zero-order valence-corrected chi connectivity index (χ0v) is 23.4. The Morgan fingerprint density at radius 3 is 1.61 bits per heavy atom. The van der Waals surface area contributed by atoms with E-state index in [0.29, 0.717) is 16.3 Å². The number of hydrogen-bond acceptors (Lipinski definition) is 3. The van der Waals surface area contributed by atoms with Crippen molar-refractivity contribution >= 4 is 50.1 Å². The number of rotatable bonds is 7. The average molecular weight is 556 g/mol. The van der Waals surface area contributed by atoms with E-state index >= 15 is 0 Å². The molecule has 0 amide bonds. The van der Waals surface area contributed by atoms with Crippen molar-refractivity contribution in [3.05, 3.63) is 150 Å². The van der Waals surface area contributed by atoms with Gasteiger partial charge in [0.15, 0.2) is 9.84 Å². The minimum Gasteiger partial charge on any atom is -0.254 e. The van der Waals surface area contributed by atoms with Gasteiger partial charge in [-0.1, -0.05) is 120 Å². The molecule has 190 valence electrons. The third-order valence-corrected chi connectivity index (χ3v) is 12.0. The van der Waals surface area contributed by atoms with Crippen LogP contribution >= 0.6 is 18.7 Å². The fourth-order valence-electron chi connectivity index (χ4n) is 4.51. The van der Waals surface area contributed by atoms with Crippen molar-refractivity contribution in [2.45, 2.75) is 17.6 Å². The first-order valence-corrected chi connectivity index (χ1v) is 16.0. The molecule has 0 aromatic heterocycles. The van der Waals surface area contributed by atoms with Gasteiger partial charge in [-0.15, -0.1) is 0 Å². The molecular weight excluding hydrogens is 529 g/mol. The van der Waals surface area contributed by atoms with Crippen LogP contribution in [0.25, 0.3) is 0 Å². The summed E-state index contributed by atoms with van der Waals surface area (Å²) in [4.78, 5) is 0.282. The largest absolute Gasteiger partial charge is 0.254 e. The van der Waals surface area contributed by atoms with Crippen molar-refractivity contribution < 1.29 is 8.42 Å². The maximum Gasteiger partial charge on any atom is 0.182 e. The highest BCUT2D eigenvalue weighted by molar-refractivity contribution is 7.90. The Morgan fingerprint density at radius 2 is 1.13 bits per heavy atom. The van der Waals surface area contributed by atoms with E-state index in [-0.39, 0.29) is 10.6 Å². The second-order valence-electron chi connectivity index (χ2n) is 9.09. The Morgan fingerprint density at radius 1 is 0.658 bits per heavy atom. The van der Waals surface area contributed by atoms with Gasteiger partial charge in [0.1, 0.15) is 0 Å². The predicted octanol–water partition coefficient (Wildman–Crippen LogP) is 7.43. The third kappa shape index (κ3) is 5.39. The molecule has 6 heteroatoms. The van der Waals surface area contributed by atoms with Gasteiger partial charge in [0.25, 0.3) is 0 Å². The summed E-state index contributed by atoms with van der Waals surface area (Å²) in [5, 5.41) is 3.72. The Labute approximate surface area is 229 Å². The first-order valence-electron chi connectivity index (χ1n) is 12.3. The summed E-state index contributed by atoms with van der Waals surface area (Å²) in [7, 11) is -6.20. The zero-order chi connectivity index (χ0) is 26.6. The van der Waals surface area contributed by atoms with E-state index in [9.17, 15) is 8.42 Å². The second-order valence-corrected chi connectivity index (χ2v) is 14.5. The molecule has 3 nitrogen and oxygen atoms in total. The van der Waals surface area contributed by atoms with Gasteiger partial charge in [-0.25, -0.2) is 8.42 Å². The van der Waals surface area contributed by atoms with E-state index in [2.05, 4.69) is 36.4 Å². The molecule has 0 aliphatic rings. The standard InChI is InChI=1S/C32H27ClNO2PS/c1-25-17-20-31(21-18-25)38(35,36)24-26-23-27(33)19-22-32(26)34-37(28-11-5-2-6-12-28,29-13-7-3-8-14-29)30-15-9-4-10-16-30/h2-23H,24H2,1H3. The van der Waals surface area contributed by atoms with Gasteiger partial charge in [-0.3, -0.25) is 4.74 Å². The SMILES string of the molecule is Cc1ccc(S(=O)(=O)Cc2cc(Cl)ccc2N=P(c2ccccc2)(c2ccccc2)c2ccccc2)cc1. The van der Waals surface area contributed by atoms with E-state index in [1.807, 2.05) is 79.7 Å². The summed E-state index contributed by atoms with van der Waals surface area (Å²) >= 11 is 6.41. The van der Waals surface area contributed by atoms with Crippen LogP contribution in [0.15, 0.2) is 143 Å². The summed E-state index contributed by atoms with van der Waals surface area (Å²) in [6, 6.07) is 43.0. The molecule has 5 aromatic rings. The van der Waals surface area contributed by atoms with E-state index in [1.165, 1.54) is 0 Å². The zero-order valence-electron chi connectivity index (χ0n) is 20.9. The number of halogens is 1. The van der Waals surface area contributed by atoms with Crippen molar-refractivity contribution in [1.29, 1.82) is 0 Å². The molecule has 5 rings (SSSR count). The molecule has 0 N–H and O–H groups in total. The van der Waals surface area contributed by atoms with Crippen LogP contribution in [0.3, 0.4) is 0 Å². The first kappa shape index (κ1) is 26.2. The lowest BCUT2D eigenvalue weighted by molar-refractivity contribution is 0.595. The number of hydrogen-bond donors (Lipinski definition) is 0. The Hall–Kier alpha value is -3.43. The van der Waals surface area contributed by atoms with Crippen LogP contribution < -0.4 is 15.9 Å². The third-order valence-electron chi connectivity index (χ3n) is 6.41. The molecule has 0 bridgehead atoms. The van der Waals surface area contributed by atoms with Crippen molar-refractivity contribution in [2.75, 3.05) is 0 Å². The molecule has 0 unspecified atom stereocenters. The summed E-state index contributed by atoms with van der Waals surface area (Å²) in [6.07, 6.45) is 0. The van der Waals surface area contributed by atoms with Gasteiger partial charge < -0.3 is 0 Å². The van der Waals surface area contributed by atoms with Gasteiger partial charge in [-0.2, -0.15) is 0 Å². The van der Waals surface area contributed by atoms with Gasteiger partial charge in [-0.05, 0) is 42.8 Å². The van der Waals surface area contributed by atoms with Crippen LogP contribution in [0.5, 0.6) is 0 Å². The number of nitrogens with zero attached hydrogens (tertiary/aromatic N) is 1. The maximum absolute atomic E-state index is 13.5. The van der Waals surface area contributed by atoms with E-state index in [4.69, 9.17) is 16.3 Å². The lowest BCUT2D eigenvalue weighted by Gasteiger charge is -2.27. The van der Waals surface area contributed by atoms with Crippen LogP contribution in [0, 0.1) is 6.92 Å². The van der Waals surface area contributed by atoms with Crippen LogP contribution in [-0.4, -0.2) is 8.42 Å². The molecule has 0 radical (unpaired) electrons. The molecule has 0 fully saturated rings. The summed E-state index contributed by atoms with van der Waals surface area (Å²) < 4.78 is 32.5. The van der Waals surface area contributed by atoms with Crippen molar-refractivity contribution in [3.63, 3.8) is 0 Å². The average Bonchev–Trinajstić information content (AvgIpc) is 2.94. The smallest absolute Gasteiger partial charge is 0.182 e. The number of aryl methyl sites for hydroxylation is 1. The molecule has 5 aromatic carbocycles. The van der Waals surface area contributed by atoms with Gasteiger partial charge in [0, 0.05) is 20.9 Å². The lowest BCUT2D eigenvalue weighted by Crippen LogP contribution is -2.25. The second kappa shape index (κ2) is 11.1.